The van der Waals surface area contributed by atoms with E-state index in [1.165, 1.54) is 0 Å². The van der Waals surface area contributed by atoms with Crippen LogP contribution in [-0.4, -0.2) is 12.3 Å². The highest BCUT2D eigenvalue weighted by atomic mass is 16.3. The summed E-state index contributed by atoms with van der Waals surface area (Å²) in [5.41, 5.74) is 2.99. The van der Waals surface area contributed by atoms with Crippen molar-refractivity contribution in [3.63, 3.8) is 0 Å². The number of rotatable bonds is 3. The first-order valence-electron chi connectivity index (χ1n) is 7.03. The molecule has 0 atom stereocenters. The van der Waals surface area contributed by atoms with Crippen LogP contribution >= 0.6 is 0 Å². The average Bonchev–Trinajstić information content (AvgIpc) is 2.53. The fourth-order valence-electron chi connectivity index (χ4n) is 2.83. The quantitative estimate of drug-likeness (QED) is 0.640. The van der Waals surface area contributed by atoms with Crippen LogP contribution in [0, 0.1) is 0 Å². The summed E-state index contributed by atoms with van der Waals surface area (Å²) < 4.78 is 0. The number of hydrogen-bond acceptors (Lipinski definition) is 3. The highest BCUT2D eigenvalue weighted by Crippen LogP contribution is 2.33. The lowest BCUT2D eigenvalue weighted by Gasteiger charge is -2.36. The molecule has 0 saturated carbocycles. The minimum atomic E-state index is -0.260. The van der Waals surface area contributed by atoms with E-state index in [1.54, 1.807) is 23.1 Å². The van der Waals surface area contributed by atoms with Gasteiger partial charge in [0.2, 0.25) is 0 Å². The summed E-state index contributed by atoms with van der Waals surface area (Å²) in [6.45, 7) is 4.13. The van der Waals surface area contributed by atoms with E-state index in [2.05, 4.69) is 6.58 Å². The van der Waals surface area contributed by atoms with Crippen LogP contribution < -0.4 is 10.0 Å². The summed E-state index contributed by atoms with van der Waals surface area (Å²) >= 11 is 0. The van der Waals surface area contributed by atoms with Gasteiger partial charge in [-0.05, 0) is 30.4 Å². The van der Waals surface area contributed by atoms with E-state index in [0.717, 1.165) is 24.1 Å². The second-order valence-corrected chi connectivity index (χ2v) is 5.16. The van der Waals surface area contributed by atoms with Gasteiger partial charge in [-0.25, -0.2) is 0 Å². The molecule has 0 aliphatic carbocycles. The normalized spacial score (nSPS) is 13.6. The Morgan fingerprint density at radius 1 is 1.10 bits per heavy atom. The molecule has 0 radical (unpaired) electrons. The van der Waals surface area contributed by atoms with Crippen LogP contribution in [0.15, 0.2) is 61.0 Å². The van der Waals surface area contributed by atoms with E-state index in [-0.39, 0.29) is 11.7 Å². The maximum absolute atomic E-state index is 12.7. The zero-order valence-corrected chi connectivity index (χ0v) is 11.7. The van der Waals surface area contributed by atoms with Gasteiger partial charge in [-0.1, -0.05) is 49.0 Å². The van der Waals surface area contributed by atoms with Crippen LogP contribution in [0.1, 0.15) is 27.9 Å². The number of aryl methyl sites for hydroxylation is 1. The van der Waals surface area contributed by atoms with Gasteiger partial charge >= 0.3 is 0 Å². The number of ketones is 1. The molecule has 1 heterocycles. The van der Waals surface area contributed by atoms with Crippen LogP contribution in [0.3, 0.4) is 0 Å². The van der Waals surface area contributed by atoms with E-state index in [0.29, 0.717) is 17.7 Å². The molecule has 21 heavy (non-hydrogen) atoms. The largest absolute Gasteiger partial charge is 0.860 e. The third-order valence-corrected chi connectivity index (χ3v) is 3.80. The van der Waals surface area contributed by atoms with E-state index in [1.807, 2.05) is 30.3 Å². The molecule has 0 aromatic heterocycles. The van der Waals surface area contributed by atoms with Gasteiger partial charge in [-0.2, -0.15) is 0 Å². The third kappa shape index (κ3) is 2.42. The van der Waals surface area contributed by atoms with Gasteiger partial charge in [0.1, 0.15) is 0 Å². The second-order valence-electron chi connectivity index (χ2n) is 5.16. The summed E-state index contributed by atoms with van der Waals surface area (Å²) in [5, 5.41) is 11.8. The van der Waals surface area contributed by atoms with E-state index < -0.39 is 0 Å². The van der Waals surface area contributed by atoms with Gasteiger partial charge in [0, 0.05) is 17.7 Å². The van der Waals surface area contributed by atoms with Crippen molar-refractivity contribution in [1.29, 1.82) is 0 Å². The number of benzene rings is 2. The highest BCUT2D eigenvalue weighted by molar-refractivity contribution is 6.13. The maximum atomic E-state index is 12.7. The first-order valence-corrected chi connectivity index (χ1v) is 7.03. The zero-order chi connectivity index (χ0) is 14.8. The molecule has 0 bridgehead atoms. The van der Waals surface area contributed by atoms with Gasteiger partial charge < -0.3 is 10.0 Å². The van der Waals surface area contributed by atoms with Crippen molar-refractivity contribution < 1.29 is 9.90 Å². The topological polar surface area (TPSA) is 43.4 Å². The van der Waals surface area contributed by atoms with Gasteiger partial charge in [-0.3, -0.25) is 4.79 Å². The maximum Gasteiger partial charge on any atom is 0.195 e. The Labute approximate surface area is 124 Å². The summed E-state index contributed by atoms with van der Waals surface area (Å²) in [7, 11) is 0. The Balaban J connectivity index is 2.12. The molecule has 3 heteroatoms. The van der Waals surface area contributed by atoms with E-state index in [4.69, 9.17) is 0 Å². The number of nitrogens with zero attached hydrogens (tertiary/aromatic N) is 1. The first-order chi connectivity index (χ1) is 10.2. The number of carbonyl (C=O) groups excluding carboxylic acids is 1. The van der Waals surface area contributed by atoms with Crippen LogP contribution in [0.25, 0.3) is 0 Å². The highest BCUT2D eigenvalue weighted by Gasteiger charge is 2.23. The Bertz CT molecular complexity index is 692. The van der Waals surface area contributed by atoms with Crippen molar-refractivity contribution in [1.82, 2.24) is 0 Å². The van der Waals surface area contributed by atoms with Crippen LogP contribution in [0.2, 0.25) is 0 Å². The zero-order valence-electron chi connectivity index (χ0n) is 11.7. The van der Waals surface area contributed by atoms with Crippen molar-refractivity contribution >= 4 is 11.5 Å². The SMILES string of the molecule is C=C([O-])N1CCCc2cccc(C(=O)c3ccccc3)c21. The average molecular weight is 278 g/mol. The molecule has 2 aromatic carbocycles. The molecule has 3 nitrogen and oxygen atoms in total. The monoisotopic (exact) mass is 278 g/mol. The van der Waals surface area contributed by atoms with Gasteiger partial charge in [0.25, 0.3) is 0 Å². The van der Waals surface area contributed by atoms with Gasteiger partial charge in [0.05, 0.1) is 5.69 Å². The minimum absolute atomic E-state index is 0.0550. The smallest absolute Gasteiger partial charge is 0.195 e. The molecule has 1 aliphatic heterocycles. The number of carbonyl (C=O) groups is 1. The third-order valence-electron chi connectivity index (χ3n) is 3.80. The number of anilines is 1. The summed E-state index contributed by atoms with van der Waals surface area (Å²) in [6.07, 6.45) is 1.78. The summed E-state index contributed by atoms with van der Waals surface area (Å²) in [4.78, 5) is 14.3. The fourth-order valence-corrected chi connectivity index (χ4v) is 2.83. The molecule has 0 N–H and O–H groups in total. The van der Waals surface area contributed by atoms with Crippen molar-refractivity contribution in [2.24, 2.45) is 0 Å². The van der Waals surface area contributed by atoms with Crippen LogP contribution in [0.5, 0.6) is 0 Å². The van der Waals surface area contributed by atoms with Crippen molar-refractivity contribution in [2.75, 3.05) is 11.4 Å². The Morgan fingerprint density at radius 2 is 1.86 bits per heavy atom. The molecule has 0 saturated heterocycles. The molecule has 0 amide bonds. The molecular weight excluding hydrogens is 262 g/mol. The lowest BCUT2D eigenvalue weighted by Crippen LogP contribution is -2.35. The molecule has 106 valence electrons. The van der Waals surface area contributed by atoms with Crippen molar-refractivity contribution in [3.05, 3.63) is 77.7 Å². The van der Waals surface area contributed by atoms with Crippen molar-refractivity contribution in [3.8, 4) is 0 Å². The van der Waals surface area contributed by atoms with E-state index in [9.17, 15) is 9.90 Å². The minimum Gasteiger partial charge on any atom is -0.860 e. The lowest BCUT2D eigenvalue weighted by molar-refractivity contribution is -0.304. The summed E-state index contributed by atoms with van der Waals surface area (Å²) in [5.74, 6) is -0.315. The second kappa shape index (κ2) is 5.44. The number of para-hydroxylation sites is 1. The molecule has 3 rings (SSSR count). The van der Waals surface area contributed by atoms with Crippen LogP contribution in [-0.2, 0) is 6.42 Å². The standard InChI is InChI=1S/C18H17NO2/c1-13(20)19-12-6-10-14-9-5-11-16(17(14)19)18(21)15-7-3-2-4-8-15/h2-5,7-9,11,20H,1,6,10,12H2/p-1. The summed E-state index contributed by atoms with van der Waals surface area (Å²) in [6, 6.07) is 14.8. The number of fused-ring (bicyclic) bond motifs is 1. The van der Waals surface area contributed by atoms with E-state index >= 15 is 0 Å². The molecule has 1 aliphatic rings. The molecule has 0 spiro atoms. The molecular formula is C18H16NO2-. The Hall–Kier alpha value is -2.55. The van der Waals surface area contributed by atoms with Gasteiger partial charge in [-0.15, -0.1) is 0 Å². The Morgan fingerprint density at radius 3 is 2.57 bits per heavy atom. The number of hydrogen-bond donors (Lipinski definition) is 0. The molecule has 0 fully saturated rings. The Kier molecular flexibility index (Phi) is 3.48. The first kappa shape index (κ1) is 13.4. The van der Waals surface area contributed by atoms with Gasteiger partial charge in [0.15, 0.2) is 5.78 Å². The molecule has 0 unspecified atom stereocenters. The van der Waals surface area contributed by atoms with Crippen molar-refractivity contribution in [2.45, 2.75) is 12.8 Å². The predicted molar refractivity (Wildman–Crippen MR) is 81.1 cm³/mol. The lowest BCUT2D eigenvalue weighted by atomic mass is 9.93. The van der Waals surface area contributed by atoms with Crippen LogP contribution in [0.4, 0.5) is 5.69 Å². The molecule has 2 aromatic rings. The predicted octanol–water partition coefficient (Wildman–Crippen LogP) is 2.50. The fraction of sp³-hybridized carbons (Fsp3) is 0.167.